The molecule has 0 aliphatic heterocycles. The number of aryl methyl sites for hydroxylation is 2. The molecule has 0 radical (unpaired) electrons. The Morgan fingerprint density at radius 3 is 2.50 bits per heavy atom. The minimum atomic E-state index is -0.758. The van der Waals surface area contributed by atoms with Crippen molar-refractivity contribution in [2.45, 2.75) is 69.5 Å². The minimum Gasteiger partial charge on any atom is -0.481 e. The molecule has 3 aromatic rings. The molecule has 8 heteroatoms. The third-order valence-electron chi connectivity index (χ3n) is 5.47. The molecule has 6 nitrogen and oxygen atoms in total. The number of unbranched alkanes of at least 4 members (excludes halogenated alkanes) is 5. The summed E-state index contributed by atoms with van der Waals surface area (Å²) in [5, 5.41) is 25.7. The van der Waals surface area contributed by atoms with Crippen LogP contribution in [0, 0.1) is 0 Å². The average molecular weight is 473 g/mol. The van der Waals surface area contributed by atoms with Crippen molar-refractivity contribution in [1.82, 2.24) is 20.6 Å². The van der Waals surface area contributed by atoms with Crippen LogP contribution in [0.5, 0.6) is 0 Å². The zero-order valence-corrected chi connectivity index (χ0v) is 20.0. The van der Waals surface area contributed by atoms with Crippen LogP contribution >= 0.6 is 23.1 Å². The van der Waals surface area contributed by atoms with Crippen molar-refractivity contribution in [3.05, 3.63) is 63.6 Å². The van der Waals surface area contributed by atoms with E-state index in [1.165, 1.54) is 60.9 Å². The van der Waals surface area contributed by atoms with Crippen LogP contribution in [0.25, 0.3) is 0 Å². The number of benzene rings is 1. The van der Waals surface area contributed by atoms with E-state index >= 15 is 0 Å². The fourth-order valence-electron chi connectivity index (χ4n) is 3.78. The van der Waals surface area contributed by atoms with E-state index in [-0.39, 0.29) is 11.7 Å². The molecule has 2 heterocycles. The van der Waals surface area contributed by atoms with Gasteiger partial charge in [-0.3, -0.25) is 4.79 Å². The van der Waals surface area contributed by atoms with Gasteiger partial charge >= 0.3 is 5.97 Å². The highest BCUT2D eigenvalue weighted by atomic mass is 32.2. The van der Waals surface area contributed by atoms with Crippen molar-refractivity contribution in [1.29, 1.82) is 0 Å². The predicted molar refractivity (Wildman–Crippen MR) is 131 cm³/mol. The lowest BCUT2D eigenvalue weighted by Gasteiger charge is -2.15. The third-order valence-corrected chi connectivity index (χ3v) is 7.94. The van der Waals surface area contributed by atoms with E-state index in [4.69, 9.17) is 5.11 Å². The number of hydrogen-bond acceptors (Lipinski definition) is 6. The number of aromatic nitrogens is 4. The summed E-state index contributed by atoms with van der Waals surface area (Å²) in [4.78, 5) is 12.3. The molecule has 1 aromatic carbocycles. The summed E-state index contributed by atoms with van der Waals surface area (Å²) >= 11 is 3.44. The van der Waals surface area contributed by atoms with Crippen LogP contribution in [-0.2, 0) is 24.1 Å². The van der Waals surface area contributed by atoms with Crippen LogP contribution in [0.1, 0.15) is 72.0 Å². The molecule has 0 aliphatic carbocycles. The number of carboxylic acids is 1. The first-order chi connectivity index (χ1) is 15.7. The van der Waals surface area contributed by atoms with Gasteiger partial charge in [-0.05, 0) is 48.3 Å². The number of carboxylic acid groups (broad SMARTS) is 1. The van der Waals surface area contributed by atoms with Crippen LogP contribution in [0.4, 0.5) is 0 Å². The van der Waals surface area contributed by atoms with Gasteiger partial charge in [-0.2, -0.15) is 17.0 Å². The standard InChI is InChI=1S/C24H32N4O2S2/c29-23(30)15-17-31-21(18-22-25-27-28-26-22)24-20(14-16-32-24)13-9-4-2-1-3-6-10-19-11-7-5-8-12-19/h5,7-8,11-12,14,16,21H,1-4,6,9-10,13,15,17-18H2,(H,29,30)(H,25,26,27,28). The zero-order chi connectivity index (χ0) is 22.4. The molecule has 2 aromatic heterocycles. The molecule has 2 N–H and O–H groups in total. The number of H-pyrrole nitrogens is 1. The SMILES string of the molecule is O=C(O)CCSC(Cc1nn[nH]n1)c1sccc1CCCCCCCCc1ccccc1. The first-order valence-electron chi connectivity index (χ1n) is 11.4. The number of carbonyl (C=O) groups is 1. The fraction of sp³-hybridized carbons (Fsp3) is 0.500. The van der Waals surface area contributed by atoms with E-state index in [1.807, 2.05) is 0 Å². The van der Waals surface area contributed by atoms with Gasteiger partial charge in [0, 0.05) is 22.3 Å². The van der Waals surface area contributed by atoms with Gasteiger partial charge in [0.15, 0.2) is 5.82 Å². The Morgan fingerprint density at radius 1 is 1.03 bits per heavy atom. The Morgan fingerprint density at radius 2 is 1.78 bits per heavy atom. The maximum absolute atomic E-state index is 10.9. The highest BCUT2D eigenvalue weighted by Gasteiger charge is 2.20. The number of aromatic amines is 1. The largest absolute Gasteiger partial charge is 0.481 e. The molecular formula is C24H32N4O2S2. The maximum Gasteiger partial charge on any atom is 0.304 e. The van der Waals surface area contributed by atoms with Gasteiger partial charge in [-0.25, -0.2) is 0 Å². The summed E-state index contributed by atoms with van der Waals surface area (Å²) in [6, 6.07) is 13.0. The molecule has 0 aliphatic rings. The summed E-state index contributed by atoms with van der Waals surface area (Å²) in [5.41, 5.74) is 2.82. The minimum absolute atomic E-state index is 0.165. The Balaban J connectivity index is 1.39. The molecule has 1 unspecified atom stereocenters. The van der Waals surface area contributed by atoms with Gasteiger partial charge in [-0.1, -0.05) is 61.2 Å². The Hall–Kier alpha value is -2.19. The van der Waals surface area contributed by atoms with Gasteiger partial charge in [0.05, 0.1) is 6.42 Å². The monoisotopic (exact) mass is 472 g/mol. The van der Waals surface area contributed by atoms with Crippen LogP contribution in [0.3, 0.4) is 0 Å². The number of thioether (sulfide) groups is 1. The number of thiophene rings is 1. The first kappa shape index (κ1) is 24.5. The molecule has 0 fully saturated rings. The molecule has 0 saturated carbocycles. The fourth-order valence-corrected chi connectivity index (χ4v) is 6.24. The van der Waals surface area contributed by atoms with E-state index in [0.717, 1.165) is 6.42 Å². The second-order valence-electron chi connectivity index (χ2n) is 7.95. The van der Waals surface area contributed by atoms with Gasteiger partial charge in [0.25, 0.3) is 0 Å². The predicted octanol–water partition coefficient (Wildman–Crippen LogP) is 5.88. The molecule has 0 bridgehead atoms. The van der Waals surface area contributed by atoms with Gasteiger partial charge in [-0.15, -0.1) is 21.5 Å². The lowest BCUT2D eigenvalue weighted by molar-refractivity contribution is -0.136. The third kappa shape index (κ3) is 8.74. The van der Waals surface area contributed by atoms with Crippen molar-refractivity contribution >= 4 is 29.1 Å². The van der Waals surface area contributed by atoms with Crippen molar-refractivity contribution in [2.24, 2.45) is 0 Å². The molecule has 172 valence electrons. The molecule has 1 atom stereocenters. The summed E-state index contributed by atoms with van der Waals surface area (Å²) in [7, 11) is 0. The van der Waals surface area contributed by atoms with E-state index in [2.05, 4.69) is 62.4 Å². The Labute approximate surface area is 198 Å². The number of rotatable bonds is 16. The normalized spacial score (nSPS) is 12.1. The molecule has 0 spiro atoms. The van der Waals surface area contributed by atoms with Gasteiger partial charge in [0.1, 0.15) is 0 Å². The highest BCUT2D eigenvalue weighted by Crippen LogP contribution is 2.38. The van der Waals surface area contributed by atoms with E-state index in [1.54, 1.807) is 23.1 Å². The second kappa shape index (κ2) is 14.1. The Kier molecular flexibility index (Phi) is 10.7. The summed E-state index contributed by atoms with van der Waals surface area (Å²) < 4.78 is 0. The number of nitrogens with zero attached hydrogens (tertiary/aromatic N) is 3. The quantitative estimate of drug-likeness (QED) is 0.253. The maximum atomic E-state index is 10.9. The van der Waals surface area contributed by atoms with Crippen LogP contribution in [-0.4, -0.2) is 37.5 Å². The molecule has 3 rings (SSSR count). The molecule has 0 saturated heterocycles. The summed E-state index contributed by atoms with van der Waals surface area (Å²) in [6.07, 6.45) is 10.7. The average Bonchev–Trinajstić information content (AvgIpc) is 3.47. The van der Waals surface area contributed by atoms with Crippen LogP contribution < -0.4 is 0 Å². The van der Waals surface area contributed by atoms with E-state index in [9.17, 15) is 4.79 Å². The van der Waals surface area contributed by atoms with Gasteiger partial charge in [0.2, 0.25) is 0 Å². The molecular weight excluding hydrogens is 440 g/mol. The Bertz CT molecular complexity index is 900. The molecule has 0 amide bonds. The summed E-state index contributed by atoms with van der Waals surface area (Å²) in [6.45, 7) is 0. The van der Waals surface area contributed by atoms with E-state index in [0.29, 0.717) is 18.0 Å². The number of hydrogen-bond donors (Lipinski definition) is 2. The number of aliphatic carboxylic acids is 1. The lowest BCUT2D eigenvalue weighted by atomic mass is 10.0. The topological polar surface area (TPSA) is 91.8 Å². The van der Waals surface area contributed by atoms with Crippen molar-refractivity contribution in [2.75, 3.05) is 5.75 Å². The van der Waals surface area contributed by atoms with Crippen molar-refractivity contribution in [3.63, 3.8) is 0 Å². The first-order valence-corrected chi connectivity index (χ1v) is 13.3. The number of tetrazole rings is 1. The highest BCUT2D eigenvalue weighted by molar-refractivity contribution is 7.99. The van der Waals surface area contributed by atoms with Crippen LogP contribution in [0.15, 0.2) is 41.8 Å². The lowest BCUT2D eigenvalue weighted by Crippen LogP contribution is -2.05. The van der Waals surface area contributed by atoms with Crippen molar-refractivity contribution < 1.29 is 9.90 Å². The van der Waals surface area contributed by atoms with Gasteiger partial charge < -0.3 is 5.11 Å². The van der Waals surface area contributed by atoms with Crippen LogP contribution in [0.2, 0.25) is 0 Å². The smallest absolute Gasteiger partial charge is 0.304 e. The van der Waals surface area contributed by atoms with E-state index < -0.39 is 5.97 Å². The van der Waals surface area contributed by atoms with Crippen molar-refractivity contribution in [3.8, 4) is 0 Å². The summed E-state index contributed by atoms with van der Waals surface area (Å²) in [5.74, 6) is 0.497. The second-order valence-corrected chi connectivity index (χ2v) is 10.2. The zero-order valence-electron chi connectivity index (χ0n) is 18.4. The molecule has 32 heavy (non-hydrogen) atoms. The number of nitrogens with one attached hydrogen (secondary N) is 1.